The second-order valence-electron chi connectivity index (χ2n) is 6.03. The molecule has 0 saturated heterocycles. The average Bonchev–Trinajstić information content (AvgIpc) is 2.98. The van der Waals surface area contributed by atoms with Crippen LogP contribution in [-0.4, -0.2) is 23.5 Å². The first kappa shape index (κ1) is 18.6. The van der Waals surface area contributed by atoms with Crippen LogP contribution in [0.3, 0.4) is 0 Å². The molecule has 1 heterocycles. The second-order valence-corrected chi connectivity index (χ2v) is 6.03. The van der Waals surface area contributed by atoms with Crippen LogP contribution >= 0.6 is 0 Å². The number of amides is 1. The largest absolute Gasteiger partial charge is 0.345 e. The number of allylic oxidation sites excluding steroid dienone is 4. The average molecular weight is 337 g/mol. The Labute approximate surface area is 148 Å². The highest BCUT2D eigenvalue weighted by atomic mass is 16.2. The number of hydrogen-bond acceptors (Lipinski definition) is 3. The van der Waals surface area contributed by atoms with Gasteiger partial charge in [0.25, 0.3) is 5.91 Å². The van der Waals surface area contributed by atoms with Gasteiger partial charge in [0.1, 0.15) is 0 Å². The number of rotatable bonds is 8. The smallest absolute Gasteiger partial charge is 0.255 e. The molecule has 25 heavy (non-hydrogen) atoms. The molecule has 1 aromatic carbocycles. The number of hydrogen-bond donors (Lipinski definition) is 1. The molecule has 0 fully saturated rings. The molecule has 1 aromatic rings. The molecule has 2 rings (SSSR count). The van der Waals surface area contributed by atoms with Crippen LogP contribution in [0, 0.1) is 5.92 Å². The van der Waals surface area contributed by atoms with Gasteiger partial charge in [-0.15, -0.1) is 0 Å². The Balaban J connectivity index is 2.03. The maximum Gasteiger partial charge on any atom is 0.255 e. The predicted molar refractivity (Wildman–Crippen MR) is 97.9 cm³/mol. The maximum atomic E-state index is 12.5. The fraction of sp³-hybridized carbons (Fsp3) is 0.286. The van der Waals surface area contributed by atoms with E-state index >= 15 is 0 Å². The van der Waals surface area contributed by atoms with Crippen molar-refractivity contribution in [3.05, 3.63) is 71.8 Å². The third-order valence-corrected chi connectivity index (χ3v) is 4.06. The van der Waals surface area contributed by atoms with Gasteiger partial charge in [0.15, 0.2) is 11.6 Å². The Hall–Kier alpha value is -2.75. The summed E-state index contributed by atoms with van der Waals surface area (Å²) in [6.07, 6.45) is 9.82. The highest BCUT2D eigenvalue weighted by Crippen LogP contribution is 2.17. The maximum absolute atomic E-state index is 12.5. The van der Waals surface area contributed by atoms with Crippen molar-refractivity contribution < 1.29 is 14.4 Å². The zero-order valence-corrected chi connectivity index (χ0v) is 14.6. The summed E-state index contributed by atoms with van der Waals surface area (Å²) in [5.74, 6) is -1.99. The first-order valence-corrected chi connectivity index (χ1v) is 8.50. The number of carbonyl (C=O) groups excluding carboxylic acids is 3. The number of nitrogens with one attached hydrogen (secondary N) is 1. The van der Waals surface area contributed by atoms with Crippen LogP contribution in [0.5, 0.6) is 0 Å². The first-order valence-electron chi connectivity index (χ1n) is 8.50. The van der Waals surface area contributed by atoms with E-state index in [0.29, 0.717) is 6.42 Å². The Morgan fingerprint density at radius 2 is 1.92 bits per heavy atom. The fourth-order valence-corrected chi connectivity index (χ4v) is 2.61. The van der Waals surface area contributed by atoms with Crippen LogP contribution in [0.15, 0.2) is 66.3 Å². The quantitative estimate of drug-likeness (QED) is 0.343. The highest BCUT2D eigenvalue weighted by Gasteiger charge is 2.32. The lowest BCUT2D eigenvalue weighted by atomic mass is 9.94. The lowest BCUT2D eigenvalue weighted by molar-refractivity contribution is -0.128. The molecule has 1 amide bonds. The molecule has 0 aromatic heterocycles. The van der Waals surface area contributed by atoms with Crippen LogP contribution in [0.2, 0.25) is 0 Å². The van der Waals surface area contributed by atoms with Gasteiger partial charge in [-0.2, -0.15) is 0 Å². The van der Waals surface area contributed by atoms with Gasteiger partial charge >= 0.3 is 0 Å². The van der Waals surface area contributed by atoms with Gasteiger partial charge in [-0.25, -0.2) is 0 Å². The summed E-state index contributed by atoms with van der Waals surface area (Å²) in [6, 6.07) is 9.52. The standard InChI is InChI=1S/C21H23NO3/c1-3-4-5-9-12-19(23)15(2)20(24)18-14-17(22-21(18)25)13-16-10-7-6-8-11-16/h4-12,14-15,17H,3,13H2,1-2H3,(H,22,25)/b5-4+,12-9+/t15?,17-/m0/s1. The van der Waals surface area contributed by atoms with Gasteiger partial charge in [-0.3, -0.25) is 14.4 Å². The number of Topliss-reactive ketones (excluding diaryl/α,β-unsaturated/α-hetero) is 1. The topological polar surface area (TPSA) is 63.2 Å². The summed E-state index contributed by atoms with van der Waals surface area (Å²) >= 11 is 0. The third-order valence-electron chi connectivity index (χ3n) is 4.06. The molecule has 2 atom stereocenters. The summed E-state index contributed by atoms with van der Waals surface area (Å²) in [5.41, 5.74) is 1.16. The van der Waals surface area contributed by atoms with E-state index in [2.05, 4.69) is 5.32 Å². The Bertz CT molecular complexity index is 729. The van der Waals surface area contributed by atoms with Crippen molar-refractivity contribution in [1.82, 2.24) is 5.32 Å². The molecule has 0 bridgehead atoms. The van der Waals surface area contributed by atoms with E-state index in [-0.39, 0.29) is 17.4 Å². The van der Waals surface area contributed by atoms with Crippen molar-refractivity contribution in [3.8, 4) is 0 Å². The van der Waals surface area contributed by atoms with Gasteiger partial charge in [0, 0.05) is 0 Å². The molecular formula is C21H23NO3. The van der Waals surface area contributed by atoms with Crippen LogP contribution in [0.25, 0.3) is 0 Å². The second kappa shape index (κ2) is 8.92. The number of benzene rings is 1. The van der Waals surface area contributed by atoms with Crippen molar-refractivity contribution >= 4 is 17.5 Å². The lowest BCUT2D eigenvalue weighted by Crippen LogP contribution is -2.31. The Morgan fingerprint density at radius 3 is 2.60 bits per heavy atom. The van der Waals surface area contributed by atoms with E-state index < -0.39 is 17.6 Å². The van der Waals surface area contributed by atoms with Crippen molar-refractivity contribution in [2.75, 3.05) is 0 Å². The first-order chi connectivity index (χ1) is 12.0. The van der Waals surface area contributed by atoms with Crippen LogP contribution in [0.4, 0.5) is 0 Å². The van der Waals surface area contributed by atoms with Gasteiger partial charge in [-0.1, -0.05) is 55.5 Å². The molecule has 1 aliphatic rings. The molecule has 1 N–H and O–H groups in total. The lowest BCUT2D eigenvalue weighted by Gasteiger charge is -2.08. The number of carbonyl (C=O) groups is 3. The van der Waals surface area contributed by atoms with Gasteiger partial charge in [0.05, 0.1) is 17.5 Å². The monoisotopic (exact) mass is 337 g/mol. The fourth-order valence-electron chi connectivity index (χ4n) is 2.61. The third kappa shape index (κ3) is 5.11. The molecule has 1 aliphatic heterocycles. The minimum atomic E-state index is -0.862. The summed E-state index contributed by atoms with van der Waals surface area (Å²) in [6.45, 7) is 3.53. The van der Waals surface area contributed by atoms with Crippen molar-refractivity contribution in [1.29, 1.82) is 0 Å². The molecule has 4 nitrogen and oxygen atoms in total. The van der Waals surface area contributed by atoms with E-state index in [9.17, 15) is 14.4 Å². The van der Waals surface area contributed by atoms with Crippen LogP contribution in [-0.2, 0) is 20.8 Å². The van der Waals surface area contributed by atoms with E-state index in [1.165, 1.54) is 13.0 Å². The summed E-state index contributed by atoms with van der Waals surface area (Å²) < 4.78 is 0. The van der Waals surface area contributed by atoms with E-state index in [1.807, 2.05) is 43.3 Å². The van der Waals surface area contributed by atoms with E-state index in [1.54, 1.807) is 18.2 Å². The van der Waals surface area contributed by atoms with Crippen molar-refractivity contribution in [2.45, 2.75) is 32.7 Å². The minimum Gasteiger partial charge on any atom is -0.345 e. The number of ketones is 2. The molecule has 4 heteroatoms. The van der Waals surface area contributed by atoms with Crippen LogP contribution < -0.4 is 5.32 Å². The molecule has 0 radical (unpaired) electrons. The minimum absolute atomic E-state index is 0.0827. The Morgan fingerprint density at radius 1 is 1.20 bits per heavy atom. The predicted octanol–water partition coefficient (Wildman–Crippen LogP) is 2.95. The molecule has 0 saturated carbocycles. The molecule has 1 unspecified atom stereocenters. The molecule has 0 spiro atoms. The normalized spacial score (nSPS) is 18.4. The summed E-state index contributed by atoms with van der Waals surface area (Å²) in [7, 11) is 0. The van der Waals surface area contributed by atoms with Crippen LogP contribution in [0.1, 0.15) is 25.8 Å². The van der Waals surface area contributed by atoms with E-state index in [0.717, 1.165) is 12.0 Å². The zero-order chi connectivity index (χ0) is 18.2. The summed E-state index contributed by atoms with van der Waals surface area (Å²) in [4.78, 5) is 36.7. The molecular weight excluding hydrogens is 314 g/mol. The van der Waals surface area contributed by atoms with Gasteiger partial charge in [0.2, 0.25) is 0 Å². The summed E-state index contributed by atoms with van der Waals surface area (Å²) in [5, 5.41) is 2.79. The highest BCUT2D eigenvalue weighted by molar-refractivity contribution is 6.26. The Kier molecular flexibility index (Phi) is 6.63. The molecule has 0 aliphatic carbocycles. The zero-order valence-electron chi connectivity index (χ0n) is 14.6. The molecule has 130 valence electrons. The SMILES string of the molecule is CC/C=C/C=C/C(=O)C(C)C(=O)C1=C[C@H](Cc2ccccc2)NC1=O. The van der Waals surface area contributed by atoms with E-state index in [4.69, 9.17) is 0 Å². The van der Waals surface area contributed by atoms with Gasteiger partial charge < -0.3 is 5.32 Å². The van der Waals surface area contributed by atoms with Gasteiger partial charge in [-0.05, 0) is 37.5 Å². The van der Waals surface area contributed by atoms with Crippen molar-refractivity contribution in [3.63, 3.8) is 0 Å². The van der Waals surface area contributed by atoms with Crippen molar-refractivity contribution in [2.24, 2.45) is 5.92 Å².